The lowest BCUT2D eigenvalue weighted by atomic mass is 10.2. The number of nitrogens with zero attached hydrogens (tertiary/aromatic N) is 2. The van der Waals surface area contributed by atoms with Crippen LogP contribution in [-0.2, 0) is 10.0 Å². The minimum Gasteiger partial charge on any atom is -0.497 e. The van der Waals surface area contributed by atoms with Crippen molar-refractivity contribution in [1.82, 2.24) is 4.31 Å². The number of methoxy groups -OCH3 is 1. The summed E-state index contributed by atoms with van der Waals surface area (Å²) >= 11 is 7.93. The average Bonchev–Trinajstić information content (AvgIpc) is 2.95. The van der Waals surface area contributed by atoms with E-state index in [0.29, 0.717) is 30.4 Å². The lowest BCUT2D eigenvalue weighted by Crippen LogP contribution is -2.48. The molecule has 1 saturated heterocycles. The Morgan fingerprint density at radius 3 is 2.42 bits per heavy atom. The summed E-state index contributed by atoms with van der Waals surface area (Å²) in [6.45, 7) is 2.24. The van der Waals surface area contributed by atoms with Crippen LogP contribution in [0, 0.1) is 0 Å². The molecule has 3 rings (SSSR count). The minimum atomic E-state index is -3.44. The van der Waals surface area contributed by atoms with Gasteiger partial charge in [-0.2, -0.15) is 4.31 Å². The first-order valence-corrected chi connectivity index (χ1v) is 11.1. The molecule has 2 heterocycles. The summed E-state index contributed by atoms with van der Waals surface area (Å²) in [6.07, 6.45) is 0. The van der Waals surface area contributed by atoms with Crippen molar-refractivity contribution >= 4 is 58.9 Å². The predicted molar refractivity (Wildman–Crippen MR) is 104 cm³/mol. The first-order valence-electron chi connectivity index (χ1n) is 7.26. The monoisotopic (exact) mass is 494 g/mol. The molecule has 0 N–H and O–H groups in total. The highest BCUT2D eigenvalue weighted by molar-refractivity contribution is 9.13. The Morgan fingerprint density at radius 2 is 1.83 bits per heavy atom. The van der Waals surface area contributed by atoms with E-state index in [0.717, 1.165) is 19.7 Å². The number of benzene rings is 1. The van der Waals surface area contributed by atoms with Crippen LogP contribution in [0.5, 0.6) is 5.75 Å². The van der Waals surface area contributed by atoms with E-state index in [1.54, 1.807) is 17.5 Å². The third-order valence-electron chi connectivity index (χ3n) is 3.87. The normalized spacial score (nSPS) is 16.4. The van der Waals surface area contributed by atoms with Crippen molar-refractivity contribution < 1.29 is 13.2 Å². The number of thiophene rings is 1. The molecule has 2 aromatic rings. The van der Waals surface area contributed by atoms with Crippen LogP contribution in [0.15, 0.2) is 42.8 Å². The summed E-state index contributed by atoms with van der Waals surface area (Å²) in [4.78, 5) is 2.18. The van der Waals surface area contributed by atoms with Gasteiger partial charge in [-0.25, -0.2) is 8.42 Å². The highest BCUT2D eigenvalue weighted by Gasteiger charge is 2.30. The SMILES string of the molecule is COc1cccc(N2CCN(S(=O)(=O)c3cc(Br)c(Br)s3)CC2)c1. The Bertz CT molecular complexity index is 811. The van der Waals surface area contributed by atoms with Crippen LogP contribution in [-0.4, -0.2) is 46.0 Å². The molecule has 0 amide bonds. The molecule has 24 heavy (non-hydrogen) atoms. The zero-order valence-corrected chi connectivity index (χ0v) is 17.7. The molecule has 9 heteroatoms. The number of ether oxygens (including phenoxy) is 1. The van der Waals surface area contributed by atoms with Gasteiger partial charge in [-0.15, -0.1) is 11.3 Å². The third-order valence-corrected chi connectivity index (χ3v) is 9.48. The topological polar surface area (TPSA) is 49.9 Å². The number of halogens is 2. The van der Waals surface area contributed by atoms with Gasteiger partial charge >= 0.3 is 0 Å². The molecule has 0 atom stereocenters. The van der Waals surface area contributed by atoms with Crippen molar-refractivity contribution in [3.8, 4) is 5.75 Å². The Labute approximate surface area is 162 Å². The summed E-state index contributed by atoms with van der Waals surface area (Å²) in [5, 5.41) is 0. The fraction of sp³-hybridized carbons (Fsp3) is 0.333. The molecule has 0 unspecified atom stereocenters. The maximum Gasteiger partial charge on any atom is 0.252 e. The van der Waals surface area contributed by atoms with Crippen LogP contribution < -0.4 is 9.64 Å². The van der Waals surface area contributed by atoms with Gasteiger partial charge in [-0.05, 0) is 50.1 Å². The molecule has 1 aliphatic rings. The van der Waals surface area contributed by atoms with E-state index in [1.807, 2.05) is 24.3 Å². The van der Waals surface area contributed by atoms with Crippen molar-refractivity contribution in [2.45, 2.75) is 4.21 Å². The van der Waals surface area contributed by atoms with Crippen molar-refractivity contribution in [1.29, 1.82) is 0 Å². The van der Waals surface area contributed by atoms with E-state index in [1.165, 1.54) is 11.3 Å². The van der Waals surface area contributed by atoms with Crippen molar-refractivity contribution in [3.05, 3.63) is 38.6 Å². The third kappa shape index (κ3) is 3.65. The van der Waals surface area contributed by atoms with Crippen molar-refractivity contribution in [2.24, 2.45) is 0 Å². The minimum absolute atomic E-state index is 0.357. The molecule has 0 spiro atoms. The van der Waals surface area contributed by atoms with Crippen molar-refractivity contribution in [3.63, 3.8) is 0 Å². The Kier molecular flexibility index (Phi) is 5.55. The second-order valence-corrected chi connectivity index (χ2v) is 10.7. The predicted octanol–water partition coefficient (Wildman–Crippen LogP) is 3.79. The lowest BCUT2D eigenvalue weighted by Gasteiger charge is -2.35. The molecular weight excluding hydrogens is 480 g/mol. The van der Waals surface area contributed by atoms with Crippen LogP contribution in [0.4, 0.5) is 5.69 Å². The van der Waals surface area contributed by atoms with Crippen LogP contribution in [0.25, 0.3) is 0 Å². The molecule has 1 aromatic carbocycles. The second kappa shape index (κ2) is 7.33. The summed E-state index contributed by atoms with van der Waals surface area (Å²) in [7, 11) is -1.80. The zero-order valence-electron chi connectivity index (χ0n) is 12.9. The summed E-state index contributed by atoms with van der Waals surface area (Å²) in [5.74, 6) is 0.802. The standard InChI is InChI=1S/C15H16Br2N2O3S2/c1-22-12-4-2-3-11(9-12)18-5-7-19(8-6-18)24(20,21)14-10-13(16)15(17)23-14/h2-4,9-10H,5-8H2,1H3. The fourth-order valence-corrected chi connectivity index (χ4v) is 6.97. The van der Waals surface area contributed by atoms with Gasteiger partial charge < -0.3 is 9.64 Å². The van der Waals surface area contributed by atoms with E-state index in [4.69, 9.17) is 4.74 Å². The van der Waals surface area contributed by atoms with E-state index < -0.39 is 10.0 Å². The molecule has 0 radical (unpaired) electrons. The number of rotatable bonds is 4. The number of sulfonamides is 1. The molecule has 5 nitrogen and oxygen atoms in total. The fourth-order valence-electron chi connectivity index (χ4n) is 2.57. The molecular formula is C15H16Br2N2O3S2. The summed E-state index contributed by atoms with van der Waals surface area (Å²) < 4.78 is 34.2. The lowest BCUT2D eigenvalue weighted by molar-refractivity contribution is 0.385. The highest BCUT2D eigenvalue weighted by atomic mass is 79.9. The molecule has 0 bridgehead atoms. The van der Waals surface area contributed by atoms with Gasteiger partial charge in [0.15, 0.2) is 0 Å². The number of piperazine rings is 1. The molecule has 1 aromatic heterocycles. The van der Waals surface area contributed by atoms with Gasteiger partial charge in [-0.3, -0.25) is 0 Å². The summed E-state index contributed by atoms with van der Waals surface area (Å²) in [6, 6.07) is 9.48. The quantitative estimate of drug-likeness (QED) is 0.647. The Morgan fingerprint density at radius 1 is 1.12 bits per heavy atom. The Balaban J connectivity index is 1.72. The van der Waals surface area contributed by atoms with Gasteiger partial charge in [0.1, 0.15) is 9.96 Å². The highest BCUT2D eigenvalue weighted by Crippen LogP contribution is 2.36. The van der Waals surface area contributed by atoms with E-state index >= 15 is 0 Å². The van der Waals surface area contributed by atoms with Gasteiger partial charge in [0.2, 0.25) is 0 Å². The van der Waals surface area contributed by atoms with Crippen molar-refractivity contribution in [2.75, 3.05) is 38.2 Å². The number of anilines is 1. The number of hydrogen-bond acceptors (Lipinski definition) is 5. The van der Waals surface area contributed by atoms with Gasteiger partial charge in [-0.1, -0.05) is 6.07 Å². The molecule has 1 aliphatic heterocycles. The van der Waals surface area contributed by atoms with Crippen LogP contribution in [0.2, 0.25) is 0 Å². The summed E-state index contributed by atoms with van der Waals surface area (Å²) in [5.41, 5.74) is 1.05. The van der Waals surface area contributed by atoms with E-state index in [9.17, 15) is 8.42 Å². The largest absolute Gasteiger partial charge is 0.497 e. The van der Waals surface area contributed by atoms with Crippen LogP contribution >= 0.6 is 43.2 Å². The molecule has 0 saturated carbocycles. The number of hydrogen-bond donors (Lipinski definition) is 0. The average molecular weight is 496 g/mol. The first-order chi connectivity index (χ1) is 11.4. The van der Waals surface area contributed by atoms with Crippen LogP contribution in [0.3, 0.4) is 0 Å². The maximum atomic E-state index is 12.8. The van der Waals surface area contributed by atoms with E-state index in [-0.39, 0.29) is 0 Å². The van der Waals surface area contributed by atoms with Gasteiger partial charge in [0.25, 0.3) is 10.0 Å². The van der Waals surface area contributed by atoms with Gasteiger partial charge in [0, 0.05) is 42.4 Å². The zero-order chi connectivity index (χ0) is 17.3. The second-order valence-electron chi connectivity index (χ2n) is 5.28. The van der Waals surface area contributed by atoms with Crippen LogP contribution in [0.1, 0.15) is 0 Å². The smallest absolute Gasteiger partial charge is 0.252 e. The molecule has 0 aliphatic carbocycles. The van der Waals surface area contributed by atoms with Gasteiger partial charge in [0.05, 0.1) is 10.9 Å². The maximum absolute atomic E-state index is 12.8. The molecule has 130 valence electrons. The Hall–Kier alpha value is -0.610. The first kappa shape index (κ1) is 18.2. The van der Waals surface area contributed by atoms with E-state index in [2.05, 4.69) is 36.8 Å². The molecule has 1 fully saturated rings.